The first-order valence-corrected chi connectivity index (χ1v) is 9.39. The fourth-order valence-electron chi connectivity index (χ4n) is 3.20. The smallest absolute Gasteiger partial charge is 0.0405 e. The molecule has 0 saturated carbocycles. The lowest BCUT2D eigenvalue weighted by atomic mass is 9.89. The van der Waals surface area contributed by atoms with Gasteiger partial charge in [-0.25, -0.2) is 0 Å². The molecule has 0 spiro atoms. The molecule has 0 heterocycles. The highest BCUT2D eigenvalue weighted by atomic mass is 14.1. The van der Waals surface area contributed by atoms with Crippen LogP contribution in [0.2, 0.25) is 0 Å². The molecule has 4 aromatic rings. The van der Waals surface area contributed by atoms with Gasteiger partial charge in [0.05, 0.1) is 0 Å². The first kappa shape index (κ1) is 17.6. The highest BCUT2D eigenvalue weighted by Crippen LogP contribution is 2.32. The summed E-state index contributed by atoms with van der Waals surface area (Å²) in [6.07, 6.45) is 0. The summed E-state index contributed by atoms with van der Waals surface area (Å²) in [7, 11) is 0. The van der Waals surface area contributed by atoms with Crippen molar-refractivity contribution in [1.29, 1.82) is 0 Å². The van der Waals surface area contributed by atoms with Crippen LogP contribution in [0.3, 0.4) is 0 Å². The maximum absolute atomic E-state index is 3.48. The lowest BCUT2D eigenvalue weighted by Crippen LogP contribution is -1.94. The van der Waals surface area contributed by atoms with Gasteiger partial charge in [-0.05, 0) is 28.8 Å². The first-order chi connectivity index (χ1) is 13.9. The van der Waals surface area contributed by atoms with E-state index in [1.165, 1.54) is 0 Å². The van der Waals surface area contributed by atoms with Crippen LogP contribution in [-0.2, 0) is 0 Å². The molecule has 0 N–H and O–H groups in total. The molecule has 28 heavy (non-hydrogen) atoms. The summed E-state index contributed by atoms with van der Waals surface area (Å²) in [5, 5.41) is 0. The molecule has 0 heteroatoms. The number of rotatable bonds is 3. The third-order valence-corrected chi connectivity index (χ3v) is 4.54. The molecular weight excluding hydrogens is 336 g/mol. The van der Waals surface area contributed by atoms with E-state index in [0.717, 1.165) is 33.4 Å². The Kier molecular flexibility index (Phi) is 5.47. The summed E-state index contributed by atoms with van der Waals surface area (Å²) >= 11 is 0. The van der Waals surface area contributed by atoms with E-state index in [-0.39, 0.29) is 0 Å². The van der Waals surface area contributed by atoms with Gasteiger partial charge in [-0.15, -0.1) is 0 Å². The summed E-state index contributed by atoms with van der Waals surface area (Å²) in [5.41, 5.74) is 6.63. The summed E-state index contributed by atoms with van der Waals surface area (Å²) in [4.78, 5) is 0. The van der Waals surface area contributed by atoms with Crippen LogP contribution in [0.15, 0.2) is 121 Å². The lowest BCUT2D eigenvalue weighted by Gasteiger charge is -2.13. The highest BCUT2D eigenvalue weighted by molar-refractivity contribution is 6.04. The van der Waals surface area contributed by atoms with Crippen LogP contribution in [0.5, 0.6) is 0 Å². The molecule has 0 aliphatic heterocycles. The molecule has 4 rings (SSSR count). The van der Waals surface area contributed by atoms with Gasteiger partial charge in [0.1, 0.15) is 0 Å². The maximum atomic E-state index is 3.48. The topological polar surface area (TPSA) is 0 Å². The predicted octanol–water partition coefficient (Wildman–Crippen LogP) is 6.70. The Labute approximate surface area is 166 Å². The molecule has 0 amide bonds. The van der Waals surface area contributed by atoms with E-state index in [0.29, 0.717) is 0 Å². The van der Waals surface area contributed by atoms with Gasteiger partial charge in [-0.3, -0.25) is 0 Å². The van der Waals surface area contributed by atoms with E-state index in [2.05, 4.69) is 84.6 Å². The monoisotopic (exact) mass is 356 g/mol. The second-order valence-electron chi connectivity index (χ2n) is 6.46. The lowest BCUT2D eigenvalue weighted by molar-refractivity contribution is 1.54. The quantitative estimate of drug-likeness (QED) is 0.283. The van der Waals surface area contributed by atoms with Crippen LogP contribution in [0.1, 0.15) is 22.3 Å². The van der Waals surface area contributed by atoms with Crippen molar-refractivity contribution in [1.82, 2.24) is 0 Å². The molecule has 0 aromatic heterocycles. The van der Waals surface area contributed by atoms with Crippen molar-refractivity contribution >= 4 is 11.1 Å². The van der Waals surface area contributed by atoms with Crippen molar-refractivity contribution < 1.29 is 0 Å². The number of hydrogen-bond donors (Lipinski definition) is 0. The Bertz CT molecular complexity index is 1070. The molecule has 0 fully saturated rings. The standard InChI is InChI=1S/C28H20/c1-5-13-23(14-6-1)21-22-27(24-15-7-2-8-16-24)28(25-17-9-3-10-18-25)26-19-11-4-12-20-26/h1-20H. The highest BCUT2D eigenvalue weighted by Gasteiger charge is 2.12. The van der Waals surface area contributed by atoms with Gasteiger partial charge in [0.2, 0.25) is 0 Å². The van der Waals surface area contributed by atoms with Gasteiger partial charge in [-0.2, -0.15) is 0 Å². The average molecular weight is 356 g/mol. The second-order valence-corrected chi connectivity index (χ2v) is 6.46. The van der Waals surface area contributed by atoms with Crippen molar-refractivity contribution in [3.05, 3.63) is 144 Å². The molecule has 0 atom stereocenters. The minimum atomic E-state index is 1.01. The van der Waals surface area contributed by atoms with Gasteiger partial charge in [0.15, 0.2) is 0 Å². The minimum Gasteiger partial charge on any atom is -0.0622 e. The van der Waals surface area contributed by atoms with Crippen LogP contribution >= 0.6 is 0 Å². The molecule has 0 bridgehead atoms. The molecule has 0 nitrogen and oxygen atoms in total. The Morgan fingerprint density at radius 3 is 1.29 bits per heavy atom. The molecule has 0 aliphatic rings. The van der Waals surface area contributed by atoms with Crippen molar-refractivity contribution in [2.45, 2.75) is 0 Å². The van der Waals surface area contributed by atoms with Crippen LogP contribution in [0.4, 0.5) is 0 Å². The zero-order valence-electron chi connectivity index (χ0n) is 15.5. The first-order valence-electron chi connectivity index (χ1n) is 9.39. The van der Waals surface area contributed by atoms with Crippen LogP contribution in [-0.4, -0.2) is 0 Å². The normalized spacial score (nSPS) is 9.86. The Balaban J connectivity index is 2.00. The molecule has 0 radical (unpaired) electrons. The molecule has 0 unspecified atom stereocenters. The van der Waals surface area contributed by atoms with Gasteiger partial charge >= 0.3 is 0 Å². The van der Waals surface area contributed by atoms with E-state index in [9.17, 15) is 0 Å². The predicted molar refractivity (Wildman–Crippen MR) is 119 cm³/mol. The van der Waals surface area contributed by atoms with Gasteiger partial charge in [0, 0.05) is 16.7 Å². The van der Waals surface area contributed by atoms with E-state index >= 15 is 0 Å². The molecular formula is C28H20. The van der Waals surface area contributed by atoms with Crippen molar-refractivity contribution in [2.24, 2.45) is 0 Å². The SMILES string of the molecule is C(#Cc1ccccc1)C(=C(c1ccccc1)c1ccccc1)c1ccccc1. The van der Waals surface area contributed by atoms with E-state index in [1.807, 2.05) is 48.5 Å². The summed E-state index contributed by atoms with van der Waals surface area (Å²) < 4.78 is 0. The molecule has 132 valence electrons. The van der Waals surface area contributed by atoms with Crippen molar-refractivity contribution in [2.75, 3.05) is 0 Å². The Hall–Kier alpha value is -3.82. The molecule has 4 aromatic carbocycles. The van der Waals surface area contributed by atoms with Crippen LogP contribution in [0.25, 0.3) is 11.1 Å². The summed E-state index contributed by atoms with van der Waals surface area (Å²) in [5.74, 6) is 6.83. The third kappa shape index (κ3) is 4.11. The number of hydrogen-bond acceptors (Lipinski definition) is 0. The molecule has 0 aliphatic carbocycles. The summed E-state index contributed by atoms with van der Waals surface area (Å²) in [6.45, 7) is 0. The van der Waals surface area contributed by atoms with Gasteiger partial charge in [-0.1, -0.05) is 121 Å². The third-order valence-electron chi connectivity index (χ3n) is 4.54. The van der Waals surface area contributed by atoms with Crippen molar-refractivity contribution in [3.8, 4) is 11.8 Å². The average Bonchev–Trinajstić information content (AvgIpc) is 2.79. The van der Waals surface area contributed by atoms with Crippen LogP contribution in [0, 0.1) is 11.8 Å². The van der Waals surface area contributed by atoms with Gasteiger partial charge < -0.3 is 0 Å². The maximum Gasteiger partial charge on any atom is 0.0405 e. The van der Waals surface area contributed by atoms with Crippen LogP contribution < -0.4 is 0 Å². The van der Waals surface area contributed by atoms with Gasteiger partial charge in [0.25, 0.3) is 0 Å². The van der Waals surface area contributed by atoms with E-state index < -0.39 is 0 Å². The second kappa shape index (κ2) is 8.71. The zero-order valence-corrected chi connectivity index (χ0v) is 15.5. The summed E-state index contributed by atoms with van der Waals surface area (Å²) in [6, 6.07) is 41.5. The fraction of sp³-hybridized carbons (Fsp3) is 0. The largest absolute Gasteiger partial charge is 0.0622 e. The zero-order chi connectivity index (χ0) is 19.0. The number of benzene rings is 4. The molecule has 0 saturated heterocycles. The fourth-order valence-corrected chi connectivity index (χ4v) is 3.20. The minimum absolute atomic E-state index is 1.01. The Morgan fingerprint density at radius 1 is 0.429 bits per heavy atom. The number of allylic oxidation sites excluding steroid dienone is 1. The van der Waals surface area contributed by atoms with E-state index in [1.54, 1.807) is 0 Å². The Morgan fingerprint density at radius 2 is 0.821 bits per heavy atom. The van der Waals surface area contributed by atoms with E-state index in [4.69, 9.17) is 0 Å². The van der Waals surface area contributed by atoms with Crippen molar-refractivity contribution in [3.63, 3.8) is 0 Å².